The maximum Gasteiger partial charge on any atom is 0.268 e. The zero-order valence-corrected chi connectivity index (χ0v) is 13.5. The van der Waals surface area contributed by atoms with Crippen molar-refractivity contribution in [3.8, 4) is 29.0 Å². The van der Waals surface area contributed by atoms with E-state index in [1.54, 1.807) is 30.4 Å². The molecule has 0 fully saturated rings. The fourth-order valence-corrected chi connectivity index (χ4v) is 2.47. The summed E-state index contributed by atoms with van der Waals surface area (Å²) in [6.07, 6.45) is 3.86. The van der Waals surface area contributed by atoms with Crippen molar-refractivity contribution in [2.45, 2.75) is 6.42 Å². The van der Waals surface area contributed by atoms with E-state index < -0.39 is 5.56 Å². The van der Waals surface area contributed by atoms with Gasteiger partial charge in [-0.25, -0.2) is 0 Å². The molecule has 2 aromatic rings. The van der Waals surface area contributed by atoms with E-state index in [0.717, 1.165) is 5.56 Å². The Hall–Kier alpha value is -3.77. The Kier molecular flexibility index (Phi) is 5.39. The minimum absolute atomic E-state index is 0.0560. The van der Waals surface area contributed by atoms with Crippen LogP contribution in [0.2, 0.25) is 0 Å². The Morgan fingerprint density at radius 2 is 1.92 bits per heavy atom. The number of anilines is 1. The van der Waals surface area contributed by atoms with Crippen molar-refractivity contribution in [1.29, 1.82) is 10.5 Å². The first kappa shape index (κ1) is 17.6. The Labute approximate surface area is 145 Å². The number of aromatic amines is 1. The van der Waals surface area contributed by atoms with Crippen LogP contribution in [0.1, 0.15) is 16.7 Å². The monoisotopic (exact) mass is 332 g/mol. The molecule has 124 valence electrons. The molecule has 0 atom stereocenters. The van der Waals surface area contributed by atoms with E-state index in [1.807, 2.05) is 12.1 Å². The molecule has 0 amide bonds. The molecule has 0 spiro atoms. The van der Waals surface area contributed by atoms with E-state index >= 15 is 0 Å². The van der Waals surface area contributed by atoms with Crippen molar-refractivity contribution in [3.63, 3.8) is 0 Å². The summed E-state index contributed by atoms with van der Waals surface area (Å²) < 4.78 is 5.60. The summed E-state index contributed by atoms with van der Waals surface area (Å²) in [4.78, 5) is 14.4. The second-order valence-corrected chi connectivity index (χ2v) is 5.13. The Morgan fingerprint density at radius 3 is 2.52 bits per heavy atom. The number of H-pyrrole nitrogens is 1. The molecule has 6 nitrogen and oxygen atoms in total. The normalized spacial score (nSPS) is 9.68. The molecule has 0 saturated heterocycles. The van der Waals surface area contributed by atoms with Crippen LogP contribution in [0.25, 0.3) is 11.1 Å². The highest BCUT2D eigenvalue weighted by Crippen LogP contribution is 2.32. The number of benzene rings is 1. The van der Waals surface area contributed by atoms with Gasteiger partial charge in [-0.3, -0.25) is 4.79 Å². The van der Waals surface area contributed by atoms with Gasteiger partial charge in [0, 0.05) is 5.56 Å². The summed E-state index contributed by atoms with van der Waals surface area (Å²) in [6, 6.07) is 8.96. The molecule has 0 bridgehead atoms. The fraction of sp³-hybridized carbons (Fsp3) is 0.105. The lowest BCUT2D eigenvalue weighted by Crippen LogP contribution is -2.16. The number of rotatable bonds is 6. The maximum atomic E-state index is 12.0. The lowest BCUT2D eigenvalue weighted by atomic mass is 9.94. The number of allylic oxidation sites excluding steroid dienone is 1. The van der Waals surface area contributed by atoms with Crippen molar-refractivity contribution >= 4 is 5.82 Å². The molecular formula is C19H16N4O2. The van der Waals surface area contributed by atoms with Gasteiger partial charge in [-0.1, -0.05) is 24.8 Å². The van der Waals surface area contributed by atoms with Crippen LogP contribution in [-0.2, 0) is 6.42 Å². The molecule has 0 aliphatic rings. The predicted molar refractivity (Wildman–Crippen MR) is 95.9 cm³/mol. The molecule has 25 heavy (non-hydrogen) atoms. The molecule has 0 aliphatic heterocycles. The molecule has 1 aromatic carbocycles. The Balaban J connectivity index is 2.75. The van der Waals surface area contributed by atoms with Gasteiger partial charge in [0.2, 0.25) is 0 Å². The van der Waals surface area contributed by atoms with Gasteiger partial charge in [-0.2, -0.15) is 10.5 Å². The van der Waals surface area contributed by atoms with Crippen molar-refractivity contribution in [3.05, 3.63) is 70.6 Å². The third-order valence-corrected chi connectivity index (χ3v) is 3.54. The summed E-state index contributed by atoms with van der Waals surface area (Å²) in [5.41, 5.74) is 6.57. The van der Waals surface area contributed by atoms with E-state index in [9.17, 15) is 15.3 Å². The smallest absolute Gasteiger partial charge is 0.268 e. The van der Waals surface area contributed by atoms with Gasteiger partial charge in [0.05, 0.1) is 0 Å². The van der Waals surface area contributed by atoms with Crippen LogP contribution in [0, 0.1) is 22.7 Å². The highest BCUT2D eigenvalue weighted by Gasteiger charge is 2.19. The van der Waals surface area contributed by atoms with Gasteiger partial charge in [-0.15, -0.1) is 6.58 Å². The van der Waals surface area contributed by atoms with E-state index in [2.05, 4.69) is 18.1 Å². The number of aromatic nitrogens is 1. The molecule has 0 radical (unpaired) electrons. The quantitative estimate of drug-likeness (QED) is 0.789. The van der Waals surface area contributed by atoms with Crippen LogP contribution in [-0.4, -0.2) is 11.6 Å². The van der Waals surface area contributed by atoms with Gasteiger partial charge in [-0.05, 0) is 29.7 Å². The van der Waals surface area contributed by atoms with Gasteiger partial charge in [0.25, 0.3) is 5.56 Å². The minimum Gasteiger partial charge on any atom is -0.489 e. The third-order valence-electron chi connectivity index (χ3n) is 3.54. The molecular weight excluding hydrogens is 316 g/mol. The van der Waals surface area contributed by atoms with Crippen molar-refractivity contribution < 1.29 is 4.74 Å². The topological polar surface area (TPSA) is 116 Å². The number of hydrogen-bond donors (Lipinski definition) is 2. The minimum atomic E-state index is -0.633. The lowest BCUT2D eigenvalue weighted by Gasteiger charge is -2.13. The number of nitrogens with two attached hydrogens (primary N) is 1. The van der Waals surface area contributed by atoms with Crippen LogP contribution in [0.4, 0.5) is 5.82 Å². The summed E-state index contributed by atoms with van der Waals surface area (Å²) in [5, 5.41) is 18.7. The zero-order chi connectivity index (χ0) is 18.4. The standard InChI is InChI=1S/C19H16N4O2/c1-3-5-12-9-13(6-7-16(12)25-8-4-2)17-14(10-20)18(22)23-19(24)15(17)11-21/h3-4,6-7,9H,1-2,5,8H2,(H3,22,23,24). The summed E-state index contributed by atoms with van der Waals surface area (Å²) >= 11 is 0. The maximum absolute atomic E-state index is 12.0. The molecule has 2 rings (SSSR count). The van der Waals surface area contributed by atoms with Crippen LogP contribution in [0.5, 0.6) is 5.75 Å². The van der Waals surface area contributed by atoms with Crippen LogP contribution in [0.3, 0.4) is 0 Å². The van der Waals surface area contributed by atoms with E-state index in [-0.39, 0.29) is 22.5 Å². The fourth-order valence-electron chi connectivity index (χ4n) is 2.47. The van der Waals surface area contributed by atoms with Gasteiger partial charge < -0.3 is 15.5 Å². The molecule has 0 saturated carbocycles. The van der Waals surface area contributed by atoms with Crippen LogP contribution < -0.4 is 16.0 Å². The molecule has 1 aromatic heterocycles. The van der Waals surface area contributed by atoms with Gasteiger partial charge >= 0.3 is 0 Å². The molecule has 3 N–H and O–H groups in total. The second-order valence-electron chi connectivity index (χ2n) is 5.13. The first-order valence-corrected chi connectivity index (χ1v) is 7.41. The number of nitriles is 2. The first-order valence-electron chi connectivity index (χ1n) is 7.41. The third kappa shape index (κ3) is 3.44. The summed E-state index contributed by atoms with van der Waals surface area (Å²) in [7, 11) is 0. The number of ether oxygens (including phenoxy) is 1. The van der Waals surface area contributed by atoms with E-state index in [4.69, 9.17) is 10.5 Å². The van der Waals surface area contributed by atoms with E-state index in [0.29, 0.717) is 24.3 Å². The van der Waals surface area contributed by atoms with Crippen LogP contribution >= 0.6 is 0 Å². The van der Waals surface area contributed by atoms with Gasteiger partial charge in [0.15, 0.2) is 0 Å². The van der Waals surface area contributed by atoms with E-state index in [1.165, 1.54) is 0 Å². The number of nitrogen functional groups attached to an aromatic ring is 1. The van der Waals surface area contributed by atoms with Crippen molar-refractivity contribution in [1.82, 2.24) is 4.98 Å². The first-order chi connectivity index (χ1) is 12.1. The number of pyridine rings is 1. The number of hydrogen-bond acceptors (Lipinski definition) is 5. The highest BCUT2D eigenvalue weighted by molar-refractivity contribution is 5.80. The molecule has 6 heteroatoms. The highest BCUT2D eigenvalue weighted by atomic mass is 16.5. The van der Waals surface area contributed by atoms with Crippen molar-refractivity contribution in [2.24, 2.45) is 0 Å². The Bertz CT molecular complexity index is 975. The average Bonchev–Trinajstić information content (AvgIpc) is 2.60. The predicted octanol–water partition coefficient (Wildman–Crippen LogP) is 2.66. The average molecular weight is 332 g/mol. The largest absolute Gasteiger partial charge is 0.489 e. The SMILES string of the molecule is C=CCOc1ccc(-c2c(C#N)c(N)[nH]c(=O)c2C#N)cc1CC=C. The molecule has 1 heterocycles. The summed E-state index contributed by atoms with van der Waals surface area (Å²) in [5.74, 6) is 0.567. The zero-order valence-electron chi connectivity index (χ0n) is 13.5. The van der Waals surface area contributed by atoms with Crippen LogP contribution in [0.15, 0.2) is 48.3 Å². The molecule has 0 unspecified atom stereocenters. The van der Waals surface area contributed by atoms with Gasteiger partial charge in [0.1, 0.15) is 41.4 Å². The Morgan fingerprint density at radius 1 is 1.20 bits per heavy atom. The lowest BCUT2D eigenvalue weighted by molar-refractivity contribution is 0.360. The number of nitrogens with zero attached hydrogens (tertiary/aromatic N) is 2. The summed E-state index contributed by atoms with van der Waals surface area (Å²) in [6.45, 7) is 7.67. The molecule has 0 aliphatic carbocycles. The second kappa shape index (κ2) is 7.67. The van der Waals surface area contributed by atoms with Crippen molar-refractivity contribution in [2.75, 3.05) is 12.3 Å². The number of nitrogens with one attached hydrogen (secondary N) is 1.